The minimum Gasteiger partial charge on any atom is -0.348 e. The van der Waals surface area contributed by atoms with Crippen molar-refractivity contribution in [3.8, 4) is 0 Å². The molecule has 0 fully saturated rings. The summed E-state index contributed by atoms with van der Waals surface area (Å²) >= 11 is 0. The molecule has 0 unspecified atom stereocenters. The third-order valence-electron chi connectivity index (χ3n) is 5.01. The lowest BCUT2D eigenvalue weighted by Gasteiger charge is -2.27. The number of rotatable bonds is 6. The summed E-state index contributed by atoms with van der Waals surface area (Å²) in [5, 5.41) is 6.66. The topological polar surface area (TPSA) is 41.1 Å². The highest BCUT2D eigenvalue weighted by molar-refractivity contribution is 5.78. The maximum atomic E-state index is 12.5. The van der Waals surface area contributed by atoms with E-state index in [1.807, 2.05) is 18.2 Å². The normalized spacial score (nSPS) is 17.8. The Bertz CT molecular complexity index is 696. The van der Waals surface area contributed by atoms with Gasteiger partial charge < -0.3 is 10.6 Å². The highest BCUT2D eigenvalue weighted by atomic mass is 16.2. The zero-order valence-corrected chi connectivity index (χ0v) is 15.2. The lowest BCUT2D eigenvalue weighted by atomic mass is 9.88. The molecule has 2 aromatic carbocycles. The van der Waals surface area contributed by atoms with Gasteiger partial charge in [0.1, 0.15) is 0 Å². The van der Waals surface area contributed by atoms with Crippen LogP contribution in [0.5, 0.6) is 0 Å². The smallest absolute Gasteiger partial charge is 0.234 e. The quantitative estimate of drug-likeness (QED) is 0.831. The van der Waals surface area contributed by atoms with Crippen molar-refractivity contribution >= 4 is 5.91 Å². The number of carbonyl (C=O) groups is 1. The molecular formula is C22H28N2O. The summed E-state index contributed by atoms with van der Waals surface area (Å²) in [4.78, 5) is 12.5. The first-order valence-electron chi connectivity index (χ1n) is 9.30. The first-order valence-corrected chi connectivity index (χ1v) is 9.30. The molecule has 3 nitrogen and oxygen atoms in total. The molecular weight excluding hydrogens is 308 g/mol. The number of fused-ring (bicyclic) bond motifs is 1. The van der Waals surface area contributed by atoms with Crippen LogP contribution in [-0.2, 0) is 11.2 Å². The predicted molar refractivity (Wildman–Crippen MR) is 102 cm³/mol. The van der Waals surface area contributed by atoms with Crippen LogP contribution in [0.2, 0.25) is 0 Å². The minimum atomic E-state index is 0.0725. The van der Waals surface area contributed by atoms with E-state index in [9.17, 15) is 4.79 Å². The summed E-state index contributed by atoms with van der Waals surface area (Å²) in [6, 6.07) is 19.2. The van der Waals surface area contributed by atoms with Gasteiger partial charge in [-0.2, -0.15) is 0 Å². The molecule has 2 aromatic rings. The van der Waals surface area contributed by atoms with E-state index < -0.39 is 0 Å². The zero-order valence-electron chi connectivity index (χ0n) is 15.2. The largest absolute Gasteiger partial charge is 0.348 e. The third-order valence-corrected chi connectivity index (χ3v) is 5.01. The van der Waals surface area contributed by atoms with Gasteiger partial charge in [-0.05, 0) is 41.9 Å². The van der Waals surface area contributed by atoms with Crippen molar-refractivity contribution in [3.05, 3.63) is 71.3 Å². The van der Waals surface area contributed by atoms with E-state index in [0.29, 0.717) is 12.5 Å². The molecule has 2 atom stereocenters. The van der Waals surface area contributed by atoms with Gasteiger partial charge in [0.25, 0.3) is 0 Å². The number of amides is 1. The summed E-state index contributed by atoms with van der Waals surface area (Å²) in [7, 11) is 0. The molecule has 0 aliphatic heterocycles. The number of benzene rings is 2. The van der Waals surface area contributed by atoms with Crippen LogP contribution in [0.1, 0.15) is 55.5 Å². The SMILES string of the molecule is CC(C)[C@@H](NCC(=O)N[C@H]1CCCc2ccccc21)c1ccccc1. The Balaban J connectivity index is 1.60. The fraction of sp³-hybridized carbons (Fsp3) is 0.409. The highest BCUT2D eigenvalue weighted by Crippen LogP contribution is 2.29. The van der Waals surface area contributed by atoms with Crippen LogP contribution < -0.4 is 10.6 Å². The molecule has 132 valence electrons. The lowest BCUT2D eigenvalue weighted by molar-refractivity contribution is -0.121. The van der Waals surface area contributed by atoms with Crippen LogP contribution >= 0.6 is 0 Å². The molecule has 2 N–H and O–H groups in total. The average Bonchev–Trinajstić information content (AvgIpc) is 2.63. The maximum Gasteiger partial charge on any atom is 0.234 e. The van der Waals surface area contributed by atoms with Gasteiger partial charge >= 0.3 is 0 Å². The Morgan fingerprint density at radius 2 is 1.80 bits per heavy atom. The zero-order chi connectivity index (χ0) is 17.6. The Kier molecular flexibility index (Phi) is 5.87. The van der Waals surface area contributed by atoms with E-state index in [1.54, 1.807) is 0 Å². The molecule has 1 aliphatic rings. The summed E-state index contributed by atoms with van der Waals surface area (Å²) in [5.74, 6) is 0.494. The Labute approximate surface area is 150 Å². The Morgan fingerprint density at radius 3 is 2.56 bits per heavy atom. The molecule has 0 aromatic heterocycles. The molecule has 0 saturated carbocycles. The third kappa shape index (κ3) is 4.49. The van der Waals surface area contributed by atoms with Crippen molar-refractivity contribution < 1.29 is 4.79 Å². The van der Waals surface area contributed by atoms with Crippen LogP contribution in [0.25, 0.3) is 0 Å². The van der Waals surface area contributed by atoms with Crippen LogP contribution in [-0.4, -0.2) is 12.5 Å². The summed E-state index contributed by atoms with van der Waals surface area (Å²) in [6.45, 7) is 4.70. The van der Waals surface area contributed by atoms with Gasteiger partial charge in [-0.15, -0.1) is 0 Å². The predicted octanol–water partition coefficient (Wildman–Crippen LogP) is 4.17. The van der Waals surface area contributed by atoms with Gasteiger partial charge in [-0.1, -0.05) is 68.4 Å². The van der Waals surface area contributed by atoms with E-state index in [4.69, 9.17) is 0 Å². The van der Waals surface area contributed by atoms with Crippen LogP contribution in [0.4, 0.5) is 0 Å². The van der Waals surface area contributed by atoms with E-state index in [0.717, 1.165) is 19.3 Å². The number of hydrogen-bond donors (Lipinski definition) is 2. The molecule has 0 heterocycles. The molecule has 25 heavy (non-hydrogen) atoms. The number of nitrogens with one attached hydrogen (secondary N) is 2. The molecule has 0 bridgehead atoms. The van der Waals surface area contributed by atoms with E-state index >= 15 is 0 Å². The van der Waals surface area contributed by atoms with Crippen molar-refractivity contribution in [1.29, 1.82) is 0 Å². The molecule has 3 heteroatoms. The summed E-state index contributed by atoms with van der Waals surface area (Å²) in [6.07, 6.45) is 3.27. The second-order valence-corrected chi connectivity index (χ2v) is 7.22. The van der Waals surface area contributed by atoms with Gasteiger partial charge in [0.15, 0.2) is 0 Å². The van der Waals surface area contributed by atoms with E-state index in [1.165, 1.54) is 16.7 Å². The maximum absolute atomic E-state index is 12.5. The molecule has 0 radical (unpaired) electrons. The molecule has 0 saturated heterocycles. The van der Waals surface area contributed by atoms with Crippen molar-refractivity contribution in [2.45, 2.75) is 45.2 Å². The second kappa shape index (κ2) is 8.30. The van der Waals surface area contributed by atoms with Crippen molar-refractivity contribution in [3.63, 3.8) is 0 Å². The molecule has 1 aliphatic carbocycles. The number of carbonyl (C=O) groups excluding carboxylic acids is 1. The lowest BCUT2D eigenvalue weighted by Crippen LogP contribution is -2.39. The Morgan fingerprint density at radius 1 is 1.08 bits per heavy atom. The number of aryl methyl sites for hydroxylation is 1. The Hall–Kier alpha value is -2.13. The van der Waals surface area contributed by atoms with Crippen LogP contribution in [0.15, 0.2) is 54.6 Å². The monoisotopic (exact) mass is 336 g/mol. The molecule has 0 spiro atoms. The average molecular weight is 336 g/mol. The van der Waals surface area contributed by atoms with Crippen LogP contribution in [0, 0.1) is 5.92 Å². The van der Waals surface area contributed by atoms with Gasteiger partial charge in [-0.3, -0.25) is 4.79 Å². The van der Waals surface area contributed by atoms with E-state index in [2.05, 4.69) is 60.9 Å². The van der Waals surface area contributed by atoms with Crippen molar-refractivity contribution in [2.75, 3.05) is 6.54 Å². The van der Waals surface area contributed by atoms with Gasteiger partial charge in [0, 0.05) is 6.04 Å². The fourth-order valence-corrected chi connectivity index (χ4v) is 3.75. The summed E-state index contributed by atoms with van der Waals surface area (Å²) in [5.41, 5.74) is 3.88. The highest BCUT2D eigenvalue weighted by Gasteiger charge is 2.22. The standard InChI is InChI=1S/C22H28N2O/c1-16(2)22(18-10-4-3-5-11-18)23-15-21(25)24-20-14-8-12-17-9-6-7-13-19(17)20/h3-7,9-11,13,16,20,22-23H,8,12,14-15H2,1-2H3,(H,24,25)/t20-,22+/m0/s1. The van der Waals surface area contributed by atoms with Gasteiger partial charge in [0.2, 0.25) is 5.91 Å². The van der Waals surface area contributed by atoms with Crippen molar-refractivity contribution in [2.24, 2.45) is 5.92 Å². The van der Waals surface area contributed by atoms with Crippen molar-refractivity contribution in [1.82, 2.24) is 10.6 Å². The van der Waals surface area contributed by atoms with Gasteiger partial charge in [-0.25, -0.2) is 0 Å². The van der Waals surface area contributed by atoms with Crippen LogP contribution in [0.3, 0.4) is 0 Å². The second-order valence-electron chi connectivity index (χ2n) is 7.22. The minimum absolute atomic E-state index is 0.0725. The molecule has 1 amide bonds. The fourth-order valence-electron chi connectivity index (χ4n) is 3.75. The van der Waals surface area contributed by atoms with E-state index in [-0.39, 0.29) is 18.0 Å². The summed E-state index contributed by atoms with van der Waals surface area (Å²) < 4.78 is 0. The van der Waals surface area contributed by atoms with Gasteiger partial charge in [0.05, 0.1) is 12.6 Å². The molecule has 3 rings (SSSR count). The number of hydrogen-bond acceptors (Lipinski definition) is 2. The first kappa shape index (κ1) is 17.7. The first-order chi connectivity index (χ1) is 12.1.